The first-order chi connectivity index (χ1) is 11.1. The molecule has 2 heterocycles. The maximum absolute atomic E-state index is 12.4. The molecule has 1 unspecified atom stereocenters. The number of likely N-dealkylation sites (tertiary alicyclic amines) is 1. The van der Waals surface area contributed by atoms with Crippen LogP contribution in [0.25, 0.3) is 11.3 Å². The van der Waals surface area contributed by atoms with Crippen LogP contribution in [0.3, 0.4) is 0 Å². The van der Waals surface area contributed by atoms with E-state index < -0.39 is 23.4 Å². The van der Waals surface area contributed by atoms with Gasteiger partial charge in [0.05, 0.1) is 5.92 Å². The lowest BCUT2D eigenvalue weighted by molar-refractivity contribution is -0.141. The van der Waals surface area contributed by atoms with Gasteiger partial charge in [0.25, 0.3) is 11.5 Å². The zero-order valence-corrected chi connectivity index (χ0v) is 12.4. The standard InChI is InChI=1S/C17H16N2O4/c20-15-13(16(21)19-9-8-12(10-19)17(22)23)6-7-14(18-15)11-4-2-1-3-5-11/h1-7,12H,8-10H2,(H,18,20)(H,22,23). The molecule has 1 saturated heterocycles. The van der Waals surface area contributed by atoms with Gasteiger partial charge in [0, 0.05) is 18.8 Å². The quantitative estimate of drug-likeness (QED) is 0.900. The Morgan fingerprint density at radius 3 is 2.48 bits per heavy atom. The Bertz CT molecular complexity index is 798. The van der Waals surface area contributed by atoms with Crippen molar-refractivity contribution in [3.63, 3.8) is 0 Å². The van der Waals surface area contributed by atoms with Gasteiger partial charge in [-0.25, -0.2) is 0 Å². The number of benzene rings is 1. The third kappa shape index (κ3) is 3.01. The molecule has 1 aromatic carbocycles. The Kier molecular flexibility index (Phi) is 3.97. The van der Waals surface area contributed by atoms with Gasteiger partial charge in [0.2, 0.25) is 0 Å². The number of aromatic nitrogens is 1. The van der Waals surface area contributed by atoms with Crippen molar-refractivity contribution in [3.8, 4) is 11.3 Å². The summed E-state index contributed by atoms with van der Waals surface area (Å²) < 4.78 is 0. The lowest BCUT2D eigenvalue weighted by atomic mass is 10.1. The number of nitrogens with one attached hydrogen (secondary N) is 1. The fraction of sp³-hybridized carbons (Fsp3) is 0.235. The zero-order valence-electron chi connectivity index (χ0n) is 12.4. The molecule has 1 aromatic heterocycles. The van der Waals surface area contributed by atoms with Gasteiger partial charge in [-0.05, 0) is 24.1 Å². The average Bonchev–Trinajstić information content (AvgIpc) is 3.05. The normalized spacial score (nSPS) is 17.2. The molecule has 1 fully saturated rings. The summed E-state index contributed by atoms with van der Waals surface area (Å²) >= 11 is 0. The largest absolute Gasteiger partial charge is 0.481 e. The van der Waals surface area contributed by atoms with Crippen LogP contribution in [-0.4, -0.2) is 40.0 Å². The van der Waals surface area contributed by atoms with Crippen LogP contribution in [-0.2, 0) is 4.79 Å². The first-order valence-corrected chi connectivity index (χ1v) is 7.37. The Labute approximate surface area is 132 Å². The molecule has 6 heteroatoms. The zero-order chi connectivity index (χ0) is 16.4. The van der Waals surface area contributed by atoms with Crippen LogP contribution >= 0.6 is 0 Å². The number of nitrogens with zero attached hydrogens (tertiary/aromatic N) is 1. The van der Waals surface area contributed by atoms with E-state index in [2.05, 4.69) is 4.98 Å². The molecule has 3 rings (SSSR count). The van der Waals surface area contributed by atoms with Gasteiger partial charge >= 0.3 is 5.97 Å². The lowest BCUT2D eigenvalue weighted by Gasteiger charge is -2.15. The smallest absolute Gasteiger partial charge is 0.308 e. The van der Waals surface area contributed by atoms with Crippen LogP contribution in [0.1, 0.15) is 16.8 Å². The summed E-state index contributed by atoms with van der Waals surface area (Å²) in [6, 6.07) is 12.5. The Hall–Kier alpha value is -2.89. The maximum atomic E-state index is 12.4. The number of aliphatic carboxylic acids is 1. The molecule has 1 amide bonds. The number of aromatic amines is 1. The fourth-order valence-electron chi connectivity index (χ4n) is 2.74. The first kappa shape index (κ1) is 15.0. The van der Waals surface area contributed by atoms with Crippen molar-refractivity contribution in [2.24, 2.45) is 5.92 Å². The summed E-state index contributed by atoms with van der Waals surface area (Å²) in [6.07, 6.45) is 0.418. The van der Waals surface area contributed by atoms with Crippen molar-refractivity contribution in [2.75, 3.05) is 13.1 Å². The Morgan fingerprint density at radius 1 is 1.13 bits per heavy atom. The second-order valence-corrected chi connectivity index (χ2v) is 5.56. The molecular formula is C17H16N2O4. The molecule has 2 N–H and O–H groups in total. The van der Waals surface area contributed by atoms with Crippen molar-refractivity contribution in [2.45, 2.75) is 6.42 Å². The number of carbonyl (C=O) groups excluding carboxylic acids is 1. The van der Waals surface area contributed by atoms with E-state index in [4.69, 9.17) is 5.11 Å². The van der Waals surface area contributed by atoms with Crippen molar-refractivity contribution in [3.05, 3.63) is 58.4 Å². The van der Waals surface area contributed by atoms with Gasteiger partial charge in [-0.3, -0.25) is 14.4 Å². The first-order valence-electron chi connectivity index (χ1n) is 7.37. The summed E-state index contributed by atoms with van der Waals surface area (Å²) in [5, 5.41) is 8.99. The predicted octanol–water partition coefficient (Wildman–Crippen LogP) is 1.59. The molecule has 23 heavy (non-hydrogen) atoms. The molecule has 6 nitrogen and oxygen atoms in total. The van der Waals surface area contributed by atoms with Crippen molar-refractivity contribution in [1.29, 1.82) is 0 Å². The molecule has 0 spiro atoms. The van der Waals surface area contributed by atoms with Crippen LogP contribution in [0.15, 0.2) is 47.3 Å². The molecular weight excluding hydrogens is 296 g/mol. The minimum absolute atomic E-state index is 0.0377. The van der Waals surface area contributed by atoms with Crippen molar-refractivity contribution >= 4 is 11.9 Å². The molecule has 0 saturated carbocycles. The number of rotatable bonds is 3. The number of H-pyrrole nitrogens is 1. The molecule has 1 aliphatic heterocycles. The highest BCUT2D eigenvalue weighted by Gasteiger charge is 2.32. The summed E-state index contributed by atoms with van der Waals surface area (Å²) in [5.74, 6) is -1.88. The number of carbonyl (C=O) groups is 2. The van der Waals surface area contributed by atoms with E-state index in [1.807, 2.05) is 30.3 Å². The summed E-state index contributed by atoms with van der Waals surface area (Å²) in [4.78, 5) is 39.7. The monoisotopic (exact) mass is 312 g/mol. The fourth-order valence-corrected chi connectivity index (χ4v) is 2.74. The number of amides is 1. The van der Waals surface area contributed by atoms with E-state index >= 15 is 0 Å². The summed E-state index contributed by atoms with van der Waals surface area (Å²) in [6.45, 7) is 0.504. The third-order valence-corrected chi connectivity index (χ3v) is 4.05. The van der Waals surface area contributed by atoms with E-state index in [1.54, 1.807) is 6.07 Å². The van der Waals surface area contributed by atoms with Gasteiger partial charge in [-0.2, -0.15) is 0 Å². The lowest BCUT2D eigenvalue weighted by Crippen LogP contribution is -2.33. The number of hydrogen-bond acceptors (Lipinski definition) is 3. The van der Waals surface area contributed by atoms with E-state index in [1.165, 1.54) is 11.0 Å². The highest BCUT2D eigenvalue weighted by Crippen LogP contribution is 2.19. The number of carboxylic acid groups (broad SMARTS) is 1. The topological polar surface area (TPSA) is 90.5 Å². The summed E-state index contributed by atoms with van der Waals surface area (Å²) in [5.41, 5.74) is 1.07. The van der Waals surface area contributed by atoms with Gasteiger partial charge < -0.3 is 15.0 Å². The maximum Gasteiger partial charge on any atom is 0.308 e. The second kappa shape index (κ2) is 6.08. The van der Waals surface area contributed by atoms with E-state index in [0.717, 1.165) is 5.56 Å². The SMILES string of the molecule is O=C(O)C1CCN(C(=O)c2ccc(-c3ccccc3)[nH]c2=O)C1. The van der Waals surface area contributed by atoms with Gasteiger partial charge in [-0.1, -0.05) is 30.3 Å². The number of hydrogen-bond donors (Lipinski definition) is 2. The highest BCUT2D eigenvalue weighted by molar-refractivity contribution is 5.94. The van der Waals surface area contributed by atoms with Gasteiger partial charge in [0.15, 0.2) is 0 Å². The van der Waals surface area contributed by atoms with E-state index in [9.17, 15) is 14.4 Å². The van der Waals surface area contributed by atoms with E-state index in [-0.39, 0.29) is 12.1 Å². The Morgan fingerprint density at radius 2 is 1.87 bits per heavy atom. The van der Waals surface area contributed by atoms with Crippen LogP contribution in [0.2, 0.25) is 0 Å². The minimum Gasteiger partial charge on any atom is -0.481 e. The number of pyridine rings is 1. The van der Waals surface area contributed by atoms with Gasteiger partial charge in [-0.15, -0.1) is 0 Å². The van der Waals surface area contributed by atoms with Crippen LogP contribution in [0.4, 0.5) is 0 Å². The number of carboxylic acids is 1. The highest BCUT2D eigenvalue weighted by atomic mass is 16.4. The molecule has 0 radical (unpaired) electrons. The predicted molar refractivity (Wildman–Crippen MR) is 84.1 cm³/mol. The Balaban J connectivity index is 1.83. The van der Waals surface area contributed by atoms with Gasteiger partial charge in [0.1, 0.15) is 5.56 Å². The van der Waals surface area contributed by atoms with Crippen LogP contribution < -0.4 is 5.56 Å². The molecule has 1 atom stereocenters. The van der Waals surface area contributed by atoms with Crippen molar-refractivity contribution in [1.82, 2.24) is 9.88 Å². The van der Waals surface area contributed by atoms with E-state index in [0.29, 0.717) is 18.7 Å². The molecule has 2 aromatic rings. The average molecular weight is 312 g/mol. The molecule has 118 valence electrons. The van der Waals surface area contributed by atoms with Crippen LogP contribution in [0.5, 0.6) is 0 Å². The molecule has 0 bridgehead atoms. The third-order valence-electron chi connectivity index (χ3n) is 4.05. The summed E-state index contributed by atoms with van der Waals surface area (Å²) in [7, 11) is 0. The van der Waals surface area contributed by atoms with Crippen LogP contribution in [0, 0.1) is 5.92 Å². The minimum atomic E-state index is -0.909. The molecule has 1 aliphatic rings. The van der Waals surface area contributed by atoms with Crippen molar-refractivity contribution < 1.29 is 14.7 Å². The molecule has 0 aliphatic carbocycles. The second-order valence-electron chi connectivity index (χ2n) is 5.56.